The van der Waals surface area contributed by atoms with Crippen molar-refractivity contribution in [3.63, 3.8) is 0 Å². The third-order valence-corrected chi connectivity index (χ3v) is 4.96. The number of hydrogen-bond acceptors (Lipinski definition) is 1. The van der Waals surface area contributed by atoms with E-state index in [4.69, 9.17) is 4.43 Å². The van der Waals surface area contributed by atoms with Crippen LogP contribution in [0.4, 0.5) is 0 Å². The topological polar surface area (TPSA) is 9.23 Å². The summed E-state index contributed by atoms with van der Waals surface area (Å²) in [5.74, 6) is 0. The van der Waals surface area contributed by atoms with E-state index in [9.17, 15) is 0 Å². The Morgan fingerprint density at radius 1 is 1.46 bits per heavy atom. The lowest BCUT2D eigenvalue weighted by molar-refractivity contribution is 0.329. The molecule has 1 rings (SSSR count). The second kappa shape index (κ2) is 4.77. The van der Waals surface area contributed by atoms with E-state index in [-0.39, 0.29) is 0 Å². The average molecular weight is 196 g/mol. The molecule has 0 bridgehead atoms. The van der Waals surface area contributed by atoms with Crippen molar-refractivity contribution < 1.29 is 4.43 Å². The maximum atomic E-state index is 5.78. The Morgan fingerprint density at radius 3 is 2.77 bits per heavy atom. The smallest absolute Gasteiger partial charge is 0.187 e. The molecule has 0 N–H and O–H groups in total. The van der Waals surface area contributed by atoms with Crippen LogP contribution in [0.3, 0.4) is 0 Å². The van der Waals surface area contributed by atoms with Crippen LogP contribution in [0.25, 0.3) is 0 Å². The second-order valence-electron chi connectivity index (χ2n) is 4.15. The summed E-state index contributed by atoms with van der Waals surface area (Å²) in [5.41, 5.74) is 1.57. The van der Waals surface area contributed by atoms with Crippen LogP contribution < -0.4 is 0 Å². The van der Waals surface area contributed by atoms with Gasteiger partial charge in [-0.25, -0.2) is 0 Å². The minimum Gasteiger partial charge on any atom is -0.418 e. The highest BCUT2D eigenvalue weighted by Crippen LogP contribution is 2.22. The van der Waals surface area contributed by atoms with Gasteiger partial charge in [-0.15, -0.1) is 0 Å². The van der Waals surface area contributed by atoms with Gasteiger partial charge in [-0.05, 0) is 38.9 Å². The summed E-state index contributed by atoms with van der Waals surface area (Å²) in [6.45, 7) is 7.57. The van der Waals surface area contributed by atoms with E-state index in [1.54, 1.807) is 5.57 Å². The van der Waals surface area contributed by atoms with Crippen molar-refractivity contribution in [1.29, 1.82) is 0 Å². The van der Waals surface area contributed by atoms with Crippen molar-refractivity contribution in [3.05, 3.63) is 23.8 Å². The van der Waals surface area contributed by atoms with Crippen LogP contribution >= 0.6 is 0 Å². The van der Waals surface area contributed by atoms with E-state index in [2.05, 4.69) is 38.2 Å². The summed E-state index contributed by atoms with van der Waals surface area (Å²) in [6.07, 6.45) is 9.02. The van der Waals surface area contributed by atoms with Gasteiger partial charge in [0.05, 0.1) is 0 Å². The lowest BCUT2D eigenvalue weighted by Crippen LogP contribution is -2.29. The molecule has 1 nitrogen and oxygen atoms in total. The first kappa shape index (κ1) is 10.7. The minimum atomic E-state index is -1.34. The van der Waals surface area contributed by atoms with Crippen LogP contribution in [-0.2, 0) is 4.43 Å². The highest BCUT2D eigenvalue weighted by molar-refractivity contribution is 6.71. The lowest BCUT2D eigenvalue weighted by atomic mass is 10.2. The zero-order valence-electron chi connectivity index (χ0n) is 8.97. The molecule has 0 atom stereocenters. The normalized spacial score (nSPS) is 16.4. The van der Waals surface area contributed by atoms with Gasteiger partial charge in [-0.1, -0.05) is 23.8 Å². The van der Waals surface area contributed by atoms with E-state index in [0.717, 1.165) is 13.0 Å². The molecule has 0 unspecified atom stereocenters. The van der Waals surface area contributed by atoms with Crippen LogP contribution in [0.2, 0.25) is 19.1 Å². The molecular weight excluding hydrogens is 176 g/mol. The number of rotatable bonds is 5. The number of allylic oxidation sites excluding steroid dienone is 4. The maximum Gasteiger partial charge on any atom is 0.187 e. The third kappa shape index (κ3) is 3.92. The highest BCUT2D eigenvalue weighted by atomic mass is 28.4. The standard InChI is InChI=1S/C11H20OSi/c1-4-12-13(2,3)10-9-11-7-5-6-8-11/h5-7H,4,8-10H2,1-3H3. The van der Waals surface area contributed by atoms with Gasteiger partial charge in [0.2, 0.25) is 0 Å². The van der Waals surface area contributed by atoms with Gasteiger partial charge in [-0.2, -0.15) is 0 Å². The van der Waals surface area contributed by atoms with Crippen LogP contribution in [0, 0.1) is 0 Å². The third-order valence-electron chi connectivity index (χ3n) is 2.43. The summed E-state index contributed by atoms with van der Waals surface area (Å²) in [6, 6.07) is 1.26. The molecule has 2 heteroatoms. The predicted octanol–water partition coefficient (Wildman–Crippen LogP) is 3.50. The molecule has 0 amide bonds. The molecule has 0 saturated carbocycles. The van der Waals surface area contributed by atoms with Gasteiger partial charge in [0.25, 0.3) is 0 Å². The van der Waals surface area contributed by atoms with E-state index in [0.29, 0.717) is 0 Å². The molecule has 0 aromatic rings. The van der Waals surface area contributed by atoms with Gasteiger partial charge in [0, 0.05) is 6.61 Å². The zero-order valence-corrected chi connectivity index (χ0v) is 9.97. The summed E-state index contributed by atoms with van der Waals surface area (Å²) in [4.78, 5) is 0. The Hall–Kier alpha value is -0.343. The first-order valence-electron chi connectivity index (χ1n) is 5.12. The van der Waals surface area contributed by atoms with Gasteiger partial charge in [-0.3, -0.25) is 0 Å². The first-order valence-corrected chi connectivity index (χ1v) is 8.24. The van der Waals surface area contributed by atoms with Crippen molar-refractivity contribution in [1.82, 2.24) is 0 Å². The molecule has 0 fully saturated rings. The molecule has 0 aliphatic heterocycles. The van der Waals surface area contributed by atoms with E-state index >= 15 is 0 Å². The predicted molar refractivity (Wildman–Crippen MR) is 60.4 cm³/mol. The molecule has 1 aliphatic carbocycles. The summed E-state index contributed by atoms with van der Waals surface area (Å²) in [5, 5.41) is 0. The molecule has 0 spiro atoms. The molecular formula is C11H20OSi. The Labute approximate surface area is 82.6 Å². The zero-order chi connectivity index (χ0) is 9.73. The Balaban J connectivity index is 2.24. The maximum absolute atomic E-state index is 5.78. The quantitative estimate of drug-likeness (QED) is 0.611. The van der Waals surface area contributed by atoms with E-state index in [1.165, 1.54) is 12.5 Å². The van der Waals surface area contributed by atoms with Crippen molar-refractivity contribution >= 4 is 8.32 Å². The fourth-order valence-corrected chi connectivity index (χ4v) is 3.45. The van der Waals surface area contributed by atoms with Crippen molar-refractivity contribution in [2.24, 2.45) is 0 Å². The van der Waals surface area contributed by atoms with Gasteiger partial charge in [0.15, 0.2) is 8.32 Å². The fraction of sp³-hybridized carbons (Fsp3) is 0.636. The van der Waals surface area contributed by atoms with Gasteiger partial charge in [0.1, 0.15) is 0 Å². The molecule has 0 aromatic heterocycles. The van der Waals surface area contributed by atoms with Crippen LogP contribution in [0.5, 0.6) is 0 Å². The Bertz CT molecular complexity index is 216. The molecule has 74 valence electrons. The molecule has 0 saturated heterocycles. The second-order valence-corrected chi connectivity index (χ2v) is 8.46. The van der Waals surface area contributed by atoms with Crippen LogP contribution in [-0.4, -0.2) is 14.9 Å². The van der Waals surface area contributed by atoms with Gasteiger partial charge < -0.3 is 4.43 Å². The Morgan fingerprint density at radius 2 is 2.23 bits per heavy atom. The molecule has 0 heterocycles. The van der Waals surface area contributed by atoms with Crippen LogP contribution in [0.1, 0.15) is 19.8 Å². The van der Waals surface area contributed by atoms with E-state index < -0.39 is 8.32 Å². The molecule has 1 aliphatic rings. The lowest BCUT2D eigenvalue weighted by Gasteiger charge is -2.21. The SMILES string of the molecule is CCO[Si](C)(C)CCC1=CC=CC1. The highest BCUT2D eigenvalue weighted by Gasteiger charge is 2.21. The first-order chi connectivity index (χ1) is 6.14. The molecule has 13 heavy (non-hydrogen) atoms. The summed E-state index contributed by atoms with van der Waals surface area (Å²) in [7, 11) is -1.34. The van der Waals surface area contributed by atoms with Crippen molar-refractivity contribution in [2.75, 3.05) is 6.61 Å². The molecule has 0 aromatic carbocycles. The van der Waals surface area contributed by atoms with Crippen molar-refractivity contribution in [2.45, 2.75) is 38.9 Å². The average Bonchev–Trinajstić information content (AvgIpc) is 2.52. The largest absolute Gasteiger partial charge is 0.418 e. The van der Waals surface area contributed by atoms with Gasteiger partial charge >= 0.3 is 0 Å². The number of hydrogen-bond donors (Lipinski definition) is 0. The van der Waals surface area contributed by atoms with Crippen LogP contribution in [0.15, 0.2) is 23.8 Å². The summed E-state index contributed by atoms with van der Waals surface area (Å²) < 4.78 is 5.78. The fourth-order valence-electron chi connectivity index (χ4n) is 1.60. The van der Waals surface area contributed by atoms with Crippen molar-refractivity contribution in [3.8, 4) is 0 Å². The van der Waals surface area contributed by atoms with E-state index in [1.807, 2.05) is 0 Å². The Kier molecular flexibility index (Phi) is 3.94. The summed E-state index contributed by atoms with van der Waals surface area (Å²) >= 11 is 0. The minimum absolute atomic E-state index is 0.872. The molecule has 0 radical (unpaired) electrons. The monoisotopic (exact) mass is 196 g/mol.